The van der Waals surface area contributed by atoms with Crippen LogP contribution in [0.15, 0.2) is 12.2 Å². The quantitative estimate of drug-likeness (QED) is 0.0887. The second kappa shape index (κ2) is 23.4. The molecule has 3 nitrogen and oxygen atoms in total. The third-order valence-corrected chi connectivity index (χ3v) is 5.03. The third kappa shape index (κ3) is 22.4. The number of carbonyl (C=O) groups is 1. The van der Waals surface area contributed by atoms with E-state index in [1.54, 1.807) is 0 Å². The Hall–Kier alpha value is -0.298. The first kappa shape index (κ1) is 31.9. The summed E-state index contributed by atoms with van der Waals surface area (Å²) in [5.74, 6) is -0.207. The van der Waals surface area contributed by atoms with Crippen molar-refractivity contribution in [2.45, 2.75) is 149 Å². The SMILES string of the molecule is CCCCCCCC/C=C\CCCCCCCCC(OC(C)C)C(=O)OC(C)C.[AlH3]. The van der Waals surface area contributed by atoms with Crippen LogP contribution in [0.1, 0.15) is 131 Å². The van der Waals surface area contributed by atoms with E-state index in [0.29, 0.717) is 0 Å². The molecule has 0 aromatic carbocycles. The molecular formula is C26H53AlO3. The minimum Gasteiger partial charge on any atom is -0.461 e. The fraction of sp³-hybridized carbons (Fsp3) is 0.885. The van der Waals surface area contributed by atoms with Gasteiger partial charge in [0.15, 0.2) is 23.5 Å². The lowest BCUT2D eigenvalue weighted by Crippen LogP contribution is -2.31. The van der Waals surface area contributed by atoms with Crippen molar-refractivity contribution in [3.63, 3.8) is 0 Å². The van der Waals surface area contributed by atoms with Gasteiger partial charge >= 0.3 is 5.97 Å². The van der Waals surface area contributed by atoms with E-state index in [0.717, 1.165) is 12.8 Å². The zero-order chi connectivity index (χ0) is 21.7. The van der Waals surface area contributed by atoms with Gasteiger partial charge in [0.25, 0.3) is 0 Å². The Morgan fingerprint density at radius 2 is 1.17 bits per heavy atom. The Morgan fingerprint density at radius 1 is 0.700 bits per heavy atom. The molecular weight excluding hydrogens is 387 g/mol. The lowest BCUT2D eigenvalue weighted by Gasteiger charge is -2.20. The van der Waals surface area contributed by atoms with Crippen molar-refractivity contribution in [3.8, 4) is 0 Å². The molecule has 0 rings (SSSR count). The number of ether oxygens (including phenoxy) is 2. The van der Waals surface area contributed by atoms with Gasteiger partial charge in [-0.2, -0.15) is 0 Å². The first-order valence-electron chi connectivity index (χ1n) is 12.5. The van der Waals surface area contributed by atoms with Crippen molar-refractivity contribution >= 4 is 23.3 Å². The van der Waals surface area contributed by atoms with E-state index in [-0.39, 0.29) is 35.5 Å². The van der Waals surface area contributed by atoms with Crippen molar-refractivity contribution in [1.82, 2.24) is 0 Å². The summed E-state index contributed by atoms with van der Waals surface area (Å²) < 4.78 is 11.1. The maximum atomic E-state index is 12.1. The molecule has 0 aliphatic rings. The molecule has 1 atom stereocenters. The highest BCUT2D eigenvalue weighted by atomic mass is 27.0. The number of hydrogen-bond donors (Lipinski definition) is 0. The number of allylic oxidation sites excluding steroid dienone is 2. The second-order valence-corrected chi connectivity index (χ2v) is 8.89. The molecule has 30 heavy (non-hydrogen) atoms. The predicted octanol–water partition coefficient (Wildman–Crippen LogP) is 6.98. The van der Waals surface area contributed by atoms with E-state index < -0.39 is 6.10 Å². The summed E-state index contributed by atoms with van der Waals surface area (Å²) in [4.78, 5) is 12.1. The van der Waals surface area contributed by atoms with Gasteiger partial charge in [0.2, 0.25) is 0 Å². The van der Waals surface area contributed by atoms with Crippen molar-refractivity contribution < 1.29 is 14.3 Å². The Kier molecular flexibility index (Phi) is 24.8. The average Bonchev–Trinajstić information content (AvgIpc) is 2.65. The van der Waals surface area contributed by atoms with Crippen LogP contribution in [0.2, 0.25) is 0 Å². The van der Waals surface area contributed by atoms with Gasteiger partial charge < -0.3 is 9.47 Å². The Balaban J connectivity index is 0. The topological polar surface area (TPSA) is 35.5 Å². The smallest absolute Gasteiger partial charge is 0.335 e. The average molecular weight is 441 g/mol. The first-order chi connectivity index (χ1) is 14.0. The van der Waals surface area contributed by atoms with Crippen LogP contribution in [-0.4, -0.2) is 41.6 Å². The van der Waals surface area contributed by atoms with Crippen LogP contribution in [0.3, 0.4) is 0 Å². The van der Waals surface area contributed by atoms with Crippen molar-refractivity contribution in [2.24, 2.45) is 0 Å². The number of rotatable bonds is 20. The van der Waals surface area contributed by atoms with E-state index in [9.17, 15) is 4.79 Å². The zero-order valence-electron chi connectivity index (χ0n) is 20.2. The number of unbranched alkanes of at least 4 members (excludes halogenated alkanes) is 12. The van der Waals surface area contributed by atoms with Gasteiger partial charge in [-0.15, -0.1) is 0 Å². The van der Waals surface area contributed by atoms with E-state index in [1.165, 1.54) is 83.5 Å². The van der Waals surface area contributed by atoms with E-state index in [1.807, 2.05) is 27.7 Å². The molecule has 0 amide bonds. The molecule has 0 saturated heterocycles. The van der Waals surface area contributed by atoms with Gasteiger partial charge in [-0.25, -0.2) is 4.79 Å². The Labute approximate surface area is 198 Å². The van der Waals surface area contributed by atoms with Gasteiger partial charge in [0.1, 0.15) is 0 Å². The highest BCUT2D eigenvalue weighted by Gasteiger charge is 2.22. The number of esters is 1. The van der Waals surface area contributed by atoms with Crippen LogP contribution >= 0.6 is 0 Å². The summed E-state index contributed by atoms with van der Waals surface area (Å²) >= 11 is 0. The standard InChI is InChI=1S/C26H50O3.Al.3H/c1-6-7-8-9-10-11-12-13-14-15-16-17-18-19-20-21-22-25(28-23(2)3)26(27)29-24(4)5;;;;/h13-14,23-25H,6-12,15-22H2,1-5H3;;;;/b14-13-;;;;. The highest BCUT2D eigenvalue weighted by molar-refractivity contribution is 5.75. The summed E-state index contributed by atoms with van der Waals surface area (Å²) in [5.41, 5.74) is 0. The summed E-state index contributed by atoms with van der Waals surface area (Å²) in [7, 11) is 0. The zero-order valence-corrected chi connectivity index (χ0v) is 20.2. The number of carbonyl (C=O) groups excluding carboxylic acids is 1. The first-order valence-corrected chi connectivity index (χ1v) is 12.5. The van der Waals surface area contributed by atoms with E-state index >= 15 is 0 Å². The van der Waals surface area contributed by atoms with Crippen LogP contribution in [0, 0.1) is 0 Å². The second-order valence-electron chi connectivity index (χ2n) is 8.89. The van der Waals surface area contributed by atoms with Gasteiger partial charge in [-0.05, 0) is 59.8 Å². The molecule has 0 bridgehead atoms. The maximum Gasteiger partial charge on any atom is 0.335 e. The lowest BCUT2D eigenvalue weighted by molar-refractivity contribution is -0.164. The molecule has 0 N–H and O–H groups in total. The Bertz CT molecular complexity index is 394. The molecule has 4 heteroatoms. The van der Waals surface area contributed by atoms with Crippen LogP contribution < -0.4 is 0 Å². The summed E-state index contributed by atoms with van der Waals surface area (Å²) in [5, 5.41) is 0. The summed E-state index contributed by atoms with van der Waals surface area (Å²) in [6.45, 7) is 9.98. The van der Waals surface area contributed by atoms with Crippen LogP contribution in [-0.2, 0) is 14.3 Å². The van der Waals surface area contributed by atoms with E-state index in [2.05, 4.69) is 19.1 Å². The van der Waals surface area contributed by atoms with Gasteiger partial charge in [0, 0.05) is 0 Å². The molecule has 0 heterocycles. The fourth-order valence-electron chi connectivity index (χ4n) is 3.46. The minimum atomic E-state index is -0.408. The molecule has 0 aliphatic carbocycles. The van der Waals surface area contributed by atoms with Crippen molar-refractivity contribution in [1.29, 1.82) is 0 Å². The third-order valence-electron chi connectivity index (χ3n) is 5.03. The number of hydrogen-bond acceptors (Lipinski definition) is 3. The largest absolute Gasteiger partial charge is 0.461 e. The van der Waals surface area contributed by atoms with Gasteiger partial charge in [-0.3, -0.25) is 0 Å². The highest BCUT2D eigenvalue weighted by Crippen LogP contribution is 2.14. The van der Waals surface area contributed by atoms with Crippen molar-refractivity contribution in [3.05, 3.63) is 12.2 Å². The molecule has 0 fully saturated rings. The molecule has 1 unspecified atom stereocenters. The fourth-order valence-corrected chi connectivity index (χ4v) is 3.46. The molecule has 178 valence electrons. The summed E-state index contributed by atoms with van der Waals surface area (Å²) in [6, 6.07) is 0. The monoisotopic (exact) mass is 440 g/mol. The summed E-state index contributed by atoms with van der Waals surface area (Å²) in [6.07, 6.45) is 23.2. The van der Waals surface area contributed by atoms with Crippen LogP contribution in [0.4, 0.5) is 0 Å². The van der Waals surface area contributed by atoms with Crippen molar-refractivity contribution in [2.75, 3.05) is 0 Å². The van der Waals surface area contributed by atoms with Gasteiger partial charge in [0.05, 0.1) is 12.2 Å². The van der Waals surface area contributed by atoms with Crippen LogP contribution in [0.5, 0.6) is 0 Å². The van der Waals surface area contributed by atoms with E-state index in [4.69, 9.17) is 9.47 Å². The molecule has 0 radical (unpaired) electrons. The van der Waals surface area contributed by atoms with Crippen LogP contribution in [0.25, 0.3) is 0 Å². The normalized spacial score (nSPS) is 12.5. The molecule has 0 saturated carbocycles. The molecule has 0 aromatic heterocycles. The van der Waals surface area contributed by atoms with Gasteiger partial charge in [-0.1, -0.05) is 83.3 Å². The maximum absolute atomic E-state index is 12.1. The molecule has 0 aromatic rings. The molecule has 0 aliphatic heterocycles. The Morgan fingerprint density at radius 3 is 1.63 bits per heavy atom. The minimum absolute atomic E-state index is 0. The molecule has 0 spiro atoms. The predicted molar refractivity (Wildman–Crippen MR) is 135 cm³/mol. The lowest BCUT2D eigenvalue weighted by atomic mass is 10.1.